The maximum atomic E-state index is 4.73. The van der Waals surface area contributed by atoms with Crippen LogP contribution in [-0.4, -0.2) is 16.1 Å². The van der Waals surface area contributed by atoms with Crippen LogP contribution >= 0.6 is 0 Å². The maximum Gasteiger partial charge on any atom is 0.123 e. The normalized spacial score (nSPS) is 11.1. The molecule has 0 spiro atoms. The van der Waals surface area contributed by atoms with Gasteiger partial charge in [0.1, 0.15) is 5.82 Å². The summed E-state index contributed by atoms with van der Waals surface area (Å²) in [5.41, 5.74) is 3.67. The molecule has 0 aliphatic heterocycles. The van der Waals surface area contributed by atoms with E-state index >= 15 is 0 Å². The molecule has 0 unspecified atom stereocenters. The zero-order chi connectivity index (χ0) is 14.5. The van der Waals surface area contributed by atoms with E-state index in [0.717, 1.165) is 37.4 Å². The summed E-state index contributed by atoms with van der Waals surface area (Å²) in [4.78, 5) is 4.73. The molecule has 0 amide bonds. The quantitative estimate of drug-likeness (QED) is 0.701. The van der Waals surface area contributed by atoms with Crippen LogP contribution in [0.15, 0.2) is 54.6 Å². The zero-order valence-corrected chi connectivity index (χ0v) is 12.4. The van der Waals surface area contributed by atoms with E-state index in [-0.39, 0.29) is 0 Å². The van der Waals surface area contributed by atoms with Gasteiger partial charge in [0.25, 0.3) is 0 Å². The molecule has 3 nitrogen and oxygen atoms in total. The molecule has 1 heterocycles. The van der Waals surface area contributed by atoms with Gasteiger partial charge in [-0.3, -0.25) is 0 Å². The fourth-order valence-electron chi connectivity index (χ4n) is 2.69. The number of rotatable bonds is 6. The summed E-state index contributed by atoms with van der Waals surface area (Å²) < 4.78 is 2.28. The lowest BCUT2D eigenvalue weighted by atomic mass is 10.1. The lowest BCUT2D eigenvalue weighted by Crippen LogP contribution is -2.19. The van der Waals surface area contributed by atoms with Crippen molar-refractivity contribution in [3.63, 3.8) is 0 Å². The molecule has 3 heteroatoms. The summed E-state index contributed by atoms with van der Waals surface area (Å²) in [5, 5.41) is 3.50. The molecule has 108 valence electrons. The predicted molar refractivity (Wildman–Crippen MR) is 87.3 cm³/mol. The van der Waals surface area contributed by atoms with Gasteiger partial charge in [-0.25, -0.2) is 4.98 Å². The Balaban J connectivity index is 1.63. The Hall–Kier alpha value is -2.13. The number of hydrogen-bond acceptors (Lipinski definition) is 2. The number of benzene rings is 2. The largest absolute Gasteiger partial charge is 0.327 e. The van der Waals surface area contributed by atoms with E-state index in [1.807, 2.05) is 6.07 Å². The second kappa shape index (κ2) is 6.55. The third-order valence-electron chi connectivity index (χ3n) is 3.77. The summed E-state index contributed by atoms with van der Waals surface area (Å²) >= 11 is 0. The van der Waals surface area contributed by atoms with Crippen LogP contribution in [0.5, 0.6) is 0 Å². The Morgan fingerprint density at radius 2 is 1.76 bits per heavy atom. The maximum absolute atomic E-state index is 4.73. The molecule has 0 fully saturated rings. The van der Waals surface area contributed by atoms with Crippen molar-refractivity contribution in [2.24, 2.45) is 0 Å². The van der Waals surface area contributed by atoms with Crippen LogP contribution in [0.2, 0.25) is 0 Å². The van der Waals surface area contributed by atoms with Crippen LogP contribution < -0.4 is 5.32 Å². The SMILES string of the molecule is CCn1c(CNCCc2ccccc2)nc2ccccc21. The Morgan fingerprint density at radius 3 is 2.57 bits per heavy atom. The minimum atomic E-state index is 0.815. The van der Waals surface area contributed by atoms with Crippen molar-refractivity contribution in [1.29, 1.82) is 0 Å². The fourth-order valence-corrected chi connectivity index (χ4v) is 2.69. The molecule has 0 radical (unpaired) electrons. The molecule has 0 aliphatic carbocycles. The minimum Gasteiger partial charge on any atom is -0.327 e. The van der Waals surface area contributed by atoms with Gasteiger partial charge in [0.2, 0.25) is 0 Å². The van der Waals surface area contributed by atoms with Gasteiger partial charge in [-0.15, -0.1) is 0 Å². The number of para-hydroxylation sites is 2. The lowest BCUT2D eigenvalue weighted by molar-refractivity contribution is 0.620. The highest BCUT2D eigenvalue weighted by atomic mass is 15.1. The summed E-state index contributed by atoms with van der Waals surface area (Å²) in [7, 11) is 0. The minimum absolute atomic E-state index is 0.815. The highest BCUT2D eigenvalue weighted by molar-refractivity contribution is 5.75. The molecule has 1 N–H and O–H groups in total. The molecular weight excluding hydrogens is 258 g/mol. The van der Waals surface area contributed by atoms with Crippen LogP contribution in [0.25, 0.3) is 11.0 Å². The molecule has 2 aromatic carbocycles. The van der Waals surface area contributed by atoms with Gasteiger partial charge in [-0.1, -0.05) is 42.5 Å². The standard InChI is InChI=1S/C18H21N3/c1-2-21-17-11-7-6-10-16(17)20-18(21)14-19-13-12-15-8-4-3-5-9-15/h3-11,19H,2,12-14H2,1H3. The van der Waals surface area contributed by atoms with E-state index in [4.69, 9.17) is 4.98 Å². The van der Waals surface area contributed by atoms with Crippen molar-refractivity contribution in [3.05, 3.63) is 66.0 Å². The van der Waals surface area contributed by atoms with E-state index in [1.54, 1.807) is 0 Å². The van der Waals surface area contributed by atoms with Crippen LogP contribution in [0, 0.1) is 0 Å². The Bertz CT molecular complexity index is 701. The molecule has 3 rings (SSSR count). The molecule has 21 heavy (non-hydrogen) atoms. The predicted octanol–water partition coefficient (Wildman–Crippen LogP) is 3.39. The second-order valence-corrected chi connectivity index (χ2v) is 5.17. The Morgan fingerprint density at radius 1 is 1.00 bits per heavy atom. The highest BCUT2D eigenvalue weighted by Crippen LogP contribution is 2.15. The van der Waals surface area contributed by atoms with Crippen LogP contribution in [0.3, 0.4) is 0 Å². The molecule has 1 aromatic heterocycles. The van der Waals surface area contributed by atoms with Gasteiger partial charge in [0, 0.05) is 6.54 Å². The molecule has 0 saturated carbocycles. The topological polar surface area (TPSA) is 29.9 Å². The molecule has 0 bridgehead atoms. The van der Waals surface area contributed by atoms with Crippen molar-refractivity contribution in [3.8, 4) is 0 Å². The van der Waals surface area contributed by atoms with Gasteiger partial charge in [0.05, 0.1) is 17.6 Å². The summed E-state index contributed by atoms with van der Waals surface area (Å²) in [6.07, 6.45) is 1.05. The summed E-state index contributed by atoms with van der Waals surface area (Å²) in [6.45, 7) is 4.91. The monoisotopic (exact) mass is 279 g/mol. The number of aromatic nitrogens is 2. The average molecular weight is 279 g/mol. The molecule has 0 saturated heterocycles. The average Bonchev–Trinajstić information content (AvgIpc) is 2.90. The van der Waals surface area contributed by atoms with Gasteiger partial charge < -0.3 is 9.88 Å². The van der Waals surface area contributed by atoms with Gasteiger partial charge >= 0.3 is 0 Å². The van der Waals surface area contributed by atoms with E-state index in [0.29, 0.717) is 0 Å². The first-order valence-electron chi connectivity index (χ1n) is 7.57. The van der Waals surface area contributed by atoms with Gasteiger partial charge in [-0.05, 0) is 37.6 Å². The van der Waals surface area contributed by atoms with Gasteiger partial charge in [-0.2, -0.15) is 0 Å². The van der Waals surface area contributed by atoms with Crippen molar-refractivity contribution in [2.45, 2.75) is 26.4 Å². The first kappa shape index (κ1) is 13.8. The van der Waals surface area contributed by atoms with E-state index < -0.39 is 0 Å². The second-order valence-electron chi connectivity index (χ2n) is 5.17. The molecule has 0 aliphatic rings. The molecular formula is C18H21N3. The van der Waals surface area contributed by atoms with E-state index in [9.17, 15) is 0 Å². The number of nitrogens with one attached hydrogen (secondary N) is 1. The number of aryl methyl sites for hydroxylation is 1. The number of nitrogens with zero attached hydrogens (tertiary/aromatic N) is 2. The fraction of sp³-hybridized carbons (Fsp3) is 0.278. The lowest BCUT2D eigenvalue weighted by Gasteiger charge is -2.07. The van der Waals surface area contributed by atoms with E-state index in [1.165, 1.54) is 11.1 Å². The summed E-state index contributed by atoms with van der Waals surface area (Å²) in [5.74, 6) is 1.12. The zero-order valence-electron chi connectivity index (χ0n) is 12.4. The third-order valence-corrected chi connectivity index (χ3v) is 3.77. The number of fused-ring (bicyclic) bond motifs is 1. The first-order chi connectivity index (χ1) is 10.4. The smallest absolute Gasteiger partial charge is 0.123 e. The van der Waals surface area contributed by atoms with Crippen molar-refractivity contribution >= 4 is 11.0 Å². The van der Waals surface area contributed by atoms with Crippen LogP contribution in [0.4, 0.5) is 0 Å². The van der Waals surface area contributed by atoms with Gasteiger partial charge in [0.15, 0.2) is 0 Å². The van der Waals surface area contributed by atoms with Crippen molar-refractivity contribution in [1.82, 2.24) is 14.9 Å². The van der Waals surface area contributed by atoms with E-state index in [2.05, 4.69) is 65.3 Å². The number of imidazole rings is 1. The third kappa shape index (κ3) is 3.14. The highest BCUT2D eigenvalue weighted by Gasteiger charge is 2.07. The van der Waals surface area contributed by atoms with Crippen molar-refractivity contribution < 1.29 is 0 Å². The molecule has 0 atom stereocenters. The Kier molecular flexibility index (Phi) is 4.31. The first-order valence-corrected chi connectivity index (χ1v) is 7.57. The number of hydrogen-bond donors (Lipinski definition) is 1. The molecule has 3 aromatic rings. The van der Waals surface area contributed by atoms with Crippen LogP contribution in [-0.2, 0) is 19.5 Å². The van der Waals surface area contributed by atoms with Crippen molar-refractivity contribution in [2.75, 3.05) is 6.54 Å². The van der Waals surface area contributed by atoms with Crippen LogP contribution in [0.1, 0.15) is 18.3 Å². The summed E-state index contributed by atoms with van der Waals surface area (Å²) in [6, 6.07) is 18.9. The Labute approximate surface area is 125 Å².